The van der Waals surface area contributed by atoms with Crippen LogP contribution in [0.5, 0.6) is 5.75 Å². The highest BCUT2D eigenvalue weighted by Gasteiger charge is 2.31. The summed E-state index contributed by atoms with van der Waals surface area (Å²) in [6, 6.07) is 27.8. The lowest BCUT2D eigenvalue weighted by atomic mass is 9.71. The van der Waals surface area contributed by atoms with Crippen LogP contribution in [-0.2, 0) is 5.41 Å². The first-order valence-corrected chi connectivity index (χ1v) is 7.92. The van der Waals surface area contributed by atoms with Crippen molar-refractivity contribution < 1.29 is 4.74 Å². The van der Waals surface area contributed by atoms with Gasteiger partial charge in [-0.3, -0.25) is 0 Å². The Morgan fingerprint density at radius 1 is 0.696 bits per heavy atom. The second-order valence-electron chi connectivity index (χ2n) is 6.10. The lowest BCUT2D eigenvalue weighted by Crippen LogP contribution is -2.25. The molecule has 0 spiro atoms. The summed E-state index contributed by atoms with van der Waals surface area (Å²) in [5.74, 6) is 0.901. The summed E-state index contributed by atoms with van der Waals surface area (Å²) < 4.78 is 5.50. The Bertz CT molecular complexity index is 736. The molecule has 3 aromatic carbocycles. The van der Waals surface area contributed by atoms with Gasteiger partial charge in [0, 0.05) is 5.41 Å². The van der Waals surface area contributed by atoms with Crippen LogP contribution in [0.2, 0.25) is 0 Å². The Balaban J connectivity index is 2.27. The van der Waals surface area contributed by atoms with Gasteiger partial charge in [0.2, 0.25) is 0 Å². The summed E-state index contributed by atoms with van der Waals surface area (Å²) in [6.07, 6.45) is 0. The minimum atomic E-state index is -0.220. The molecule has 23 heavy (non-hydrogen) atoms. The largest absolute Gasteiger partial charge is 0.497 e. The average Bonchev–Trinajstić information content (AvgIpc) is 2.62. The van der Waals surface area contributed by atoms with Crippen LogP contribution >= 0.6 is 0 Å². The average molecular weight is 302 g/mol. The molecule has 0 radical (unpaired) electrons. The predicted molar refractivity (Wildman–Crippen MR) is 96.2 cm³/mol. The van der Waals surface area contributed by atoms with E-state index < -0.39 is 0 Å². The zero-order chi connectivity index (χ0) is 16.3. The number of rotatable bonds is 4. The van der Waals surface area contributed by atoms with E-state index in [1.165, 1.54) is 22.3 Å². The van der Waals surface area contributed by atoms with E-state index in [2.05, 4.69) is 92.7 Å². The molecule has 1 nitrogen and oxygen atoms in total. The number of methoxy groups -OCH3 is 1. The quantitative estimate of drug-likeness (QED) is 0.590. The van der Waals surface area contributed by atoms with Gasteiger partial charge in [0.25, 0.3) is 0 Å². The molecule has 1 heteroatoms. The highest BCUT2D eigenvalue weighted by molar-refractivity contribution is 5.52. The Morgan fingerprint density at radius 2 is 1.22 bits per heavy atom. The van der Waals surface area contributed by atoms with Gasteiger partial charge in [0.15, 0.2) is 0 Å². The van der Waals surface area contributed by atoms with Gasteiger partial charge in [-0.2, -0.15) is 0 Å². The third kappa shape index (κ3) is 2.87. The van der Waals surface area contributed by atoms with E-state index in [1.54, 1.807) is 7.11 Å². The number of ether oxygens (including phenoxy) is 1. The topological polar surface area (TPSA) is 9.23 Å². The maximum Gasteiger partial charge on any atom is 0.119 e. The fraction of sp³-hybridized carbons (Fsp3) is 0.182. The molecule has 0 unspecified atom stereocenters. The molecule has 3 rings (SSSR count). The van der Waals surface area contributed by atoms with Gasteiger partial charge in [0.1, 0.15) is 5.75 Å². The molecular formula is C22H22O. The molecule has 0 saturated heterocycles. The third-order valence-electron chi connectivity index (χ3n) is 4.57. The van der Waals surface area contributed by atoms with E-state index in [-0.39, 0.29) is 5.41 Å². The minimum absolute atomic E-state index is 0.220. The zero-order valence-corrected chi connectivity index (χ0v) is 13.9. The highest BCUT2D eigenvalue weighted by Crippen LogP contribution is 2.40. The molecule has 0 aliphatic carbocycles. The van der Waals surface area contributed by atoms with Crippen LogP contribution < -0.4 is 4.74 Å². The Labute approximate surface area is 138 Å². The van der Waals surface area contributed by atoms with E-state index >= 15 is 0 Å². The summed E-state index contributed by atoms with van der Waals surface area (Å²) in [7, 11) is 1.72. The molecular weight excluding hydrogens is 280 g/mol. The van der Waals surface area contributed by atoms with Gasteiger partial charge in [0.05, 0.1) is 7.11 Å². The molecule has 0 heterocycles. The smallest absolute Gasteiger partial charge is 0.119 e. The standard InChI is InChI=1S/C22H22O/c1-17-14-20(16-21(15-17)23-3)22(2,18-10-6-4-7-11-18)19-12-8-5-9-13-19/h4-16H,1-3H3. The predicted octanol–water partition coefficient (Wildman–Crippen LogP) is 5.36. The van der Waals surface area contributed by atoms with Gasteiger partial charge in [-0.1, -0.05) is 66.7 Å². The molecule has 0 amide bonds. The minimum Gasteiger partial charge on any atom is -0.497 e. The van der Waals surface area contributed by atoms with Gasteiger partial charge >= 0.3 is 0 Å². The van der Waals surface area contributed by atoms with Crippen LogP contribution in [0, 0.1) is 6.92 Å². The van der Waals surface area contributed by atoms with Crippen LogP contribution in [0.3, 0.4) is 0 Å². The molecule has 3 aromatic rings. The molecule has 0 fully saturated rings. The van der Waals surface area contributed by atoms with Crippen molar-refractivity contribution >= 4 is 0 Å². The summed E-state index contributed by atoms with van der Waals surface area (Å²) in [5.41, 5.74) is 4.78. The van der Waals surface area contributed by atoms with Crippen molar-refractivity contribution in [3.63, 3.8) is 0 Å². The molecule has 0 saturated carbocycles. The SMILES string of the molecule is COc1cc(C)cc(C(C)(c2ccccc2)c2ccccc2)c1. The van der Waals surface area contributed by atoms with Crippen molar-refractivity contribution in [2.75, 3.05) is 7.11 Å². The molecule has 0 aromatic heterocycles. The van der Waals surface area contributed by atoms with Crippen molar-refractivity contribution in [3.05, 3.63) is 101 Å². The molecule has 116 valence electrons. The summed E-state index contributed by atoms with van der Waals surface area (Å²) in [4.78, 5) is 0. The van der Waals surface area contributed by atoms with Crippen molar-refractivity contribution in [2.45, 2.75) is 19.3 Å². The Morgan fingerprint density at radius 3 is 1.70 bits per heavy atom. The lowest BCUT2D eigenvalue weighted by molar-refractivity contribution is 0.413. The first kappa shape index (κ1) is 15.4. The van der Waals surface area contributed by atoms with Crippen LogP contribution in [0.25, 0.3) is 0 Å². The summed E-state index contributed by atoms with van der Waals surface area (Å²) in [6.45, 7) is 4.40. The number of hydrogen-bond acceptors (Lipinski definition) is 1. The van der Waals surface area contributed by atoms with Crippen molar-refractivity contribution in [3.8, 4) is 5.75 Å². The van der Waals surface area contributed by atoms with E-state index in [4.69, 9.17) is 4.74 Å². The normalized spacial score (nSPS) is 11.3. The summed E-state index contributed by atoms with van der Waals surface area (Å²) >= 11 is 0. The molecule has 0 bridgehead atoms. The molecule has 0 aliphatic heterocycles. The van der Waals surface area contributed by atoms with Crippen LogP contribution in [0.1, 0.15) is 29.2 Å². The Kier molecular flexibility index (Phi) is 4.20. The second-order valence-corrected chi connectivity index (χ2v) is 6.10. The van der Waals surface area contributed by atoms with Crippen molar-refractivity contribution in [1.82, 2.24) is 0 Å². The first-order chi connectivity index (χ1) is 11.1. The van der Waals surface area contributed by atoms with Crippen molar-refractivity contribution in [1.29, 1.82) is 0 Å². The molecule has 0 atom stereocenters. The number of hydrogen-bond donors (Lipinski definition) is 0. The maximum absolute atomic E-state index is 5.50. The summed E-state index contributed by atoms with van der Waals surface area (Å²) in [5, 5.41) is 0. The lowest BCUT2D eigenvalue weighted by Gasteiger charge is -2.32. The van der Waals surface area contributed by atoms with E-state index in [0.29, 0.717) is 0 Å². The van der Waals surface area contributed by atoms with Crippen LogP contribution in [-0.4, -0.2) is 7.11 Å². The highest BCUT2D eigenvalue weighted by atomic mass is 16.5. The Hall–Kier alpha value is -2.54. The molecule has 0 aliphatic rings. The third-order valence-corrected chi connectivity index (χ3v) is 4.57. The monoisotopic (exact) mass is 302 g/mol. The van der Waals surface area contributed by atoms with E-state index in [0.717, 1.165) is 5.75 Å². The van der Waals surface area contributed by atoms with Gasteiger partial charge in [-0.25, -0.2) is 0 Å². The van der Waals surface area contributed by atoms with Gasteiger partial charge in [-0.05, 0) is 48.2 Å². The maximum atomic E-state index is 5.50. The number of benzene rings is 3. The van der Waals surface area contributed by atoms with Crippen molar-refractivity contribution in [2.24, 2.45) is 0 Å². The molecule has 0 N–H and O–H groups in total. The fourth-order valence-electron chi connectivity index (χ4n) is 3.20. The van der Waals surface area contributed by atoms with Crippen LogP contribution in [0.15, 0.2) is 78.9 Å². The van der Waals surface area contributed by atoms with E-state index in [9.17, 15) is 0 Å². The van der Waals surface area contributed by atoms with E-state index in [1.807, 2.05) is 0 Å². The fourth-order valence-corrected chi connectivity index (χ4v) is 3.20. The zero-order valence-electron chi connectivity index (χ0n) is 13.9. The van der Waals surface area contributed by atoms with Crippen LogP contribution in [0.4, 0.5) is 0 Å². The number of aryl methyl sites for hydroxylation is 1. The van der Waals surface area contributed by atoms with Gasteiger partial charge in [-0.15, -0.1) is 0 Å². The second kappa shape index (κ2) is 6.29. The first-order valence-electron chi connectivity index (χ1n) is 7.92. The van der Waals surface area contributed by atoms with Gasteiger partial charge < -0.3 is 4.74 Å².